The molecule has 0 saturated carbocycles. The van der Waals surface area contributed by atoms with Crippen molar-refractivity contribution in [3.63, 3.8) is 0 Å². The van der Waals surface area contributed by atoms with Crippen LogP contribution in [0.3, 0.4) is 0 Å². The van der Waals surface area contributed by atoms with Crippen LogP contribution >= 0.6 is 0 Å². The van der Waals surface area contributed by atoms with Gasteiger partial charge < -0.3 is 14.7 Å². The fraction of sp³-hybridized carbons (Fsp3) is 0.286. The fourth-order valence-corrected chi connectivity index (χ4v) is 2.36. The van der Waals surface area contributed by atoms with E-state index in [0.29, 0.717) is 22.8 Å². The number of aryl methyl sites for hydroxylation is 2. The van der Waals surface area contributed by atoms with E-state index in [1.54, 1.807) is 13.8 Å². The number of anilines is 2. The van der Waals surface area contributed by atoms with Crippen molar-refractivity contribution in [2.75, 3.05) is 16.8 Å². The van der Waals surface area contributed by atoms with E-state index in [2.05, 4.69) is 10.5 Å². The highest BCUT2D eigenvalue weighted by molar-refractivity contribution is 6.02. The fourth-order valence-electron chi connectivity index (χ4n) is 2.36. The lowest BCUT2D eigenvalue weighted by atomic mass is 10.1. The second-order valence-electron chi connectivity index (χ2n) is 4.92. The molecular weight excluding hydrogens is 280 g/mol. The first-order valence-corrected chi connectivity index (χ1v) is 6.42. The van der Waals surface area contributed by atoms with Gasteiger partial charge in [-0.1, -0.05) is 5.16 Å². The molecule has 3 rings (SSSR count). The molecule has 1 aliphatic heterocycles. The van der Waals surface area contributed by atoms with Crippen molar-refractivity contribution in [1.82, 2.24) is 5.16 Å². The van der Waals surface area contributed by atoms with Gasteiger partial charge in [-0.15, -0.1) is 0 Å². The van der Waals surface area contributed by atoms with Crippen molar-refractivity contribution in [3.8, 4) is 0 Å². The van der Waals surface area contributed by atoms with Crippen LogP contribution in [0, 0.1) is 25.5 Å². The van der Waals surface area contributed by atoms with Gasteiger partial charge in [0.2, 0.25) is 5.91 Å². The molecule has 0 radical (unpaired) electrons. The maximum atomic E-state index is 13.5. The monoisotopic (exact) mass is 293 g/mol. The molecule has 1 amide bonds. The summed E-state index contributed by atoms with van der Waals surface area (Å²) in [5.41, 5.74) is 2.13. The Morgan fingerprint density at radius 1 is 1.33 bits per heavy atom. The van der Waals surface area contributed by atoms with E-state index in [1.807, 2.05) is 0 Å². The second-order valence-corrected chi connectivity index (χ2v) is 4.92. The van der Waals surface area contributed by atoms with E-state index in [0.717, 1.165) is 17.7 Å². The summed E-state index contributed by atoms with van der Waals surface area (Å²) >= 11 is 0. The smallest absolute Gasteiger partial charge is 0.246 e. The Kier molecular flexibility index (Phi) is 3.12. The standard InChI is InChI=1S/C14H13F2N3O2/c1-7-9(8(2)21-18-7)6-19-13-4-11(16)10(15)3-12(13)17-5-14(19)20/h3-4,17H,5-6H2,1-2H3. The van der Waals surface area contributed by atoms with Crippen LogP contribution in [0.1, 0.15) is 17.0 Å². The van der Waals surface area contributed by atoms with E-state index in [4.69, 9.17) is 4.52 Å². The molecule has 0 unspecified atom stereocenters. The van der Waals surface area contributed by atoms with E-state index in [9.17, 15) is 13.6 Å². The lowest BCUT2D eigenvalue weighted by Gasteiger charge is -2.30. The van der Waals surface area contributed by atoms with Crippen LogP contribution in [0.2, 0.25) is 0 Å². The molecule has 1 aliphatic rings. The number of nitrogens with zero attached hydrogens (tertiary/aromatic N) is 2. The van der Waals surface area contributed by atoms with Gasteiger partial charge in [-0.3, -0.25) is 4.79 Å². The Morgan fingerprint density at radius 2 is 2.05 bits per heavy atom. The number of amides is 1. The van der Waals surface area contributed by atoms with Crippen LogP contribution < -0.4 is 10.2 Å². The summed E-state index contributed by atoms with van der Waals surface area (Å²) in [5, 5.41) is 6.61. The van der Waals surface area contributed by atoms with Crippen molar-refractivity contribution in [2.24, 2.45) is 0 Å². The average Bonchev–Trinajstić information content (AvgIpc) is 2.75. The van der Waals surface area contributed by atoms with Crippen molar-refractivity contribution in [2.45, 2.75) is 20.4 Å². The minimum atomic E-state index is -0.992. The van der Waals surface area contributed by atoms with Crippen molar-refractivity contribution >= 4 is 17.3 Å². The number of aromatic nitrogens is 1. The minimum Gasteiger partial charge on any atom is -0.374 e. The van der Waals surface area contributed by atoms with Gasteiger partial charge in [0.25, 0.3) is 0 Å². The molecule has 7 heteroatoms. The third-order valence-corrected chi connectivity index (χ3v) is 3.56. The number of nitrogens with one attached hydrogen (secondary N) is 1. The summed E-state index contributed by atoms with van der Waals surface area (Å²) in [7, 11) is 0. The lowest BCUT2D eigenvalue weighted by Crippen LogP contribution is -2.39. The molecule has 21 heavy (non-hydrogen) atoms. The highest BCUT2D eigenvalue weighted by Gasteiger charge is 2.27. The molecule has 1 N–H and O–H groups in total. The lowest BCUT2D eigenvalue weighted by molar-refractivity contribution is -0.117. The number of carbonyl (C=O) groups is 1. The number of carbonyl (C=O) groups excluding carboxylic acids is 1. The van der Waals surface area contributed by atoms with Gasteiger partial charge in [0.1, 0.15) is 5.76 Å². The molecule has 0 aliphatic carbocycles. The number of fused-ring (bicyclic) bond motifs is 1. The third kappa shape index (κ3) is 2.24. The maximum Gasteiger partial charge on any atom is 0.246 e. The zero-order valence-electron chi connectivity index (χ0n) is 11.5. The summed E-state index contributed by atoms with van der Waals surface area (Å²) in [6.07, 6.45) is 0. The Morgan fingerprint density at radius 3 is 2.71 bits per heavy atom. The zero-order chi connectivity index (χ0) is 15.1. The molecular formula is C14H13F2N3O2. The Hall–Kier alpha value is -2.44. The molecule has 0 atom stereocenters. The minimum absolute atomic E-state index is 0.0292. The second kappa shape index (κ2) is 4.83. The molecule has 1 aromatic carbocycles. The highest BCUT2D eigenvalue weighted by Crippen LogP contribution is 2.33. The molecule has 0 fully saturated rings. The van der Waals surface area contributed by atoms with Crippen LogP contribution in [-0.2, 0) is 11.3 Å². The normalized spacial score (nSPS) is 14.1. The largest absolute Gasteiger partial charge is 0.374 e. The van der Waals surface area contributed by atoms with Gasteiger partial charge >= 0.3 is 0 Å². The molecule has 5 nitrogen and oxygen atoms in total. The van der Waals surface area contributed by atoms with Crippen molar-refractivity contribution < 1.29 is 18.1 Å². The van der Waals surface area contributed by atoms with Crippen LogP contribution in [0.25, 0.3) is 0 Å². The predicted octanol–water partition coefficient (Wildman–Crippen LogP) is 2.53. The summed E-state index contributed by atoms with van der Waals surface area (Å²) < 4.78 is 31.8. The first-order chi connectivity index (χ1) is 9.97. The predicted molar refractivity (Wildman–Crippen MR) is 72.0 cm³/mol. The topological polar surface area (TPSA) is 58.4 Å². The molecule has 0 spiro atoms. The quantitative estimate of drug-likeness (QED) is 0.924. The number of benzene rings is 1. The third-order valence-electron chi connectivity index (χ3n) is 3.56. The van der Waals surface area contributed by atoms with E-state index >= 15 is 0 Å². The van der Waals surface area contributed by atoms with Gasteiger partial charge in [-0.25, -0.2) is 8.78 Å². The van der Waals surface area contributed by atoms with Gasteiger partial charge in [0.05, 0.1) is 30.2 Å². The molecule has 0 saturated heterocycles. The van der Waals surface area contributed by atoms with Gasteiger partial charge in [0.15, 0.2) is 11.6 Å². The Labute approximate surface area is 119 Å². The van der Waals surface area contributed by atoms with Crippen LogP contribution in [0.5, 0.6) is 0 Å². The summed E-state index contributed by atoms with van der Waals surface area (Å²) in [6.45, 7) is 3.75. The molecule has 1 aromatic heterocycles. The van der Waals surface area contributed by atoms with E-state index in [-0.39, 0.29) is 19.0 Å². The van der Waals surface area contributed by atoms with Crippen molar-refractivity contribution in [3.05, 3.63) is 40.8 Å². The number of halogens is 2. The number of hydrogen-bond donors (Lipinski definition) is 1. The first kappa shape index (κ1) is 13.5. The zero-order valence-corrected chi connectivity index (χ0v) is 11.5. The number of rotatable bonds is 2. The summed E-state index contributed by atoms with van der Waals surface area (Å²) in [4.78, 5) is 13.5. The SMILES string of the molecule is Cc1noc(C)c1CN1C(=O)CNc2cc(F)c(F)cc21. The molecule has 2 heterocycles. The first-order valence-electron chi connectivity index (χ1n) is 6.42. The molecule has 0 bridgehead atoms. The van der Waals surface area contributed by atoms with Crippen LogP contribution in [-0.4, -0.2) is 17.6 Å². The summed E-state index contributed by atoms with van der Waals surface area (Å²) in [6, 6.07) is 2.07. The van der Waals surface area contributed by atoms with Gasteiger partial charge in [-0.2, -0.15) is 0 Å². The van der Waals surface area contributed by atoms with Crippen LogP contribution in [0.15, 0.2) is 16.7 Å². The Balaban J connectivity index is 2.03. The molecule has 2 aromatic rings. The van der Waals surface area contributed by atoms with E-state index in [1.165, 1.54) is 4.90 Å². The number of hydrogen-bond acceptors (Lipinski definition) is 4. The van der Waals surface area contributed by atoms with E-state index < -0.39 is 11.6 Å². The van der Waals surface area contributed by atoms with Crippen molar-refractivity contribution in [1.29, 1.82) is 0 Å². The highest BCUT2D eigenvalue weighted by atomic mass is 19.2. The summed E-state index contributed by atoms with van der Waals surface area (Å²) in [5.74, 6) is -1.57. The Bertz CT molecular complexity index is 708. The van der Waals surface area contributed by atoms with Gasteiger partial charge in [0, 0.05) is 17.7 Å². The maximum absolute atomic E-state index is 13.5. The van der Waals surface area contributed by atoms with Gasteiger partial charge in [-0.05, 0) is 13.8 Å². The van der Waals surface area contributed by atoms with Crippen LogP contribution in [0.4, 0.5) is 20.2 Å². The average molecular weight is 293 g/mol. The molecule has 110 valence electrons.